The van der Waals surface area contributed by atoms with Crippen LogP contribution in [0.5, 0.6) is 0 Å². The molecule has 7 N–H and O–H groups in total. The maximum atomic E-state index is 15.5. The van der Waals surface area contributed by atoms with Gasteiger partial charge < -0.3 is 35.7 Å². The van der Waals surface area contributed by atoms with E-state index in [2.05, 4.69) is 42.2 Å². The zero-order chi connectivity index (χ0) is 32.5. The summed E-state index contributed by atoms with van der Waals surface area (Å²) in [5.74, 6) is -0.132. The van der Waals surface area contributed by atoms with Gasteiger partial charge >= 0.3 is 13.9 Å². The highest BCUT2D eigenvalue weighted by Crippen LogP contribution is 2.55. The van der Waals surface area contributed by atoms with Crippen LogP contribution >= 0.6 is 26.2 Å². The van der Waals surface area contributed by atoms with E-state index in [1.807, 2.05) is 0 Å². The Labute approximate surface area is 266 Å². The van der Waals surface area contributed by atoms with E-state index in [1.165, 1.54) is 12.7 Å². The lowest BCUT2D eigenvalue weighted by atomic mass is 10.0. The Kier molecular flexibility index (Phi) is 8.10. The largest absolute Gasteiger partial charge is 0.472 e. The minimum absolute atomic E-state index is 0.121. The minimum atomic E-state index is -5.15. The first-order chi connectivity index (χ1) is 21.9. The predicted molar refractivity (Wildman–Crippen MR) is 160 cm³/mol. The van der Waals surface area contributed by atoms with Gasteiger partial charge in [0, 0.05) is 0 Å². The van der Waals surface area contributed by atoms with Crippen LogP contribution in [0.1, 0.15) is 12.5 Å². The molecular formula is C21H24FN10O10P2S2+. The molecule has 46 heavy (non-hydrogen) atoms. The lowest BCUT2D eigenvalue weighted by molar-refractivity contribution is -0.184. The third-order valence-corrected chi connectivity index (χ3v) is 9.65. The minimum Gasteiger partial charge on any atom is -0.394 e. The number of ether oxygens (including phenoxy) is 3. The molecule has 2 unspecified atom stereocenters. The summed E-state index contributed by atoms with van der Waals surface area (Å²) >= 11 is 9.38. The molecule has 25 heteroatoms. The summed E-state index contributed by atoms with van der Waals surface area (Å²) in [7, 11) is -5.15. The van der Waals surface area contributed by atoms with Gasteiger partial charge in [-0.05, 0) is 0 Å². The number of aliphatic hydroxyl groups excluding tert-OH is 1. The van der Waals surface area contributed by atoms with Gasteiger partial charge in [-0.2, -0.15) is 4.98 Å². The molecule has 3 aliphatic rings. The second-order valence-electron chi connectivity index (χ2n) is 10.5. The van der Waals surface area contributed by atoms with Crippen molar-refractivity contribution >= 4 is 72.1 Å². The third kappa shape index (κ3) is 5.29. The second-order valence-corrected chi connectivity index (χ2v) is 15.5. The van der Waals surface area contributed by atoms with Crippen molar-refractivity contribution < 1.29 is 46.7 Å². The molecule has 0 saturated carbocycles. The van der Waals surface area contributed by atoms with Crippen molar-refractivity contribution in [2.75, 3.05) is 31.3 Å². The molecular weight excluding hydrogens is 697 g/mol. The molecule has 2 bridgehead atoms. The zero-order valence-electron chi connectivity index (χ0n) is 23.0. The number of aromatic nitrogens is 8. The third-order valence-electron chi connectivity index (χ3n) is 7.73. The van der Waals surface area contributed by atoms with Gasteiger partial charge in [-0.25, -0.2) is 28.9 Å². The van der Waals surface area contributed by atoms with E-state index in [-0.39, 0.29) is 29.5 Å². The number of hydrogen-bond donors (Lipinski definition) is 6. The monoisotopic (exact) mass is 721 g/mol. The van der Waals surface area contributed by atoms with Crippen LogP contribution < -0.4 is 17.0 Å². The lowest BCUT2D eigenvalue weighted by Crippen LogP contribution is -2.45. The number of rotatable bonds is 10. The molecule has 3 fully saturated rings. The number of phosphoric ester groups is 1. The Hall–Kier alpha value is -2.79. The summed E-state index contributed by atoms with van der Waals surface area (Å²) < 4.78 is 65.9. The second kappa shape index (κ2) is 11.7. The maximum absolute atomic E-state index is 15.5. The molecule has 0 amide bonds. The highest BCUT2D eigenvalue weighted by Gasteiger charge is 2.66. The average Bonchev–Trinajstić information content (AvgIpc) is 3.81. The lowest BCUT2D eigenvalue weighted by Gasteiger charge is -2.31. The number of aliphatic hydroxyl groups is 1. The van der Waals surface area contributed by atoms with E-state index in [0.717, 1.165) is 10.9 Å². The fourth-order valence-corrected chi connectivity index (χ4v) is 7.77. The number of imidazole rings is 2. The molecule has 0 aliphatic carbocycles. The molecule has 20 nitrogen and oxygen atoms in total. The molecule has 3 saturated heterocycles. The number of alkyl halides is 1. The van der Waals surface area contributed by atoms with Gasteiger partial charge in [0.2, 0.25) is 17.8 Å². The number of nitrogens with one attached hydrogen (secondary N) is 1. The first-order valence-corrected chi connectivity index (χ1v) is 18.2. The number of phosphoric acid groups is 1. The van der Waals surface area contributed by atoms with Crippen LogP contribution in [-0.4, -0.2) is 105 Å². The Morgan fingerprint density at radius 1 is 1.22 bits per heavy atom. The SMILES string of the molecule is Nc1nc2c(ncn2[C@@H]2O[C@H](CO)[C@H](F)[C@H]2OP(=O)(O)OC[C@@]23CO[C@@H]([C@H](n4cnc5c(N)ncnc54)O2)[C@@H]3O[P+](=S)S)c(=O)[nH]1. The summed E-state index contributed by atoms with van der Waals surface area (Å²) in [5.41, 5.74) is 9.74. The molecule has 7 rings (SSSR count). The molecule has 0 aromatic carbocycles. The Bertz CT molecular complexity index is 1950. The van der Waals surface area contributed by atoms with Crippen molar-refractivity contribution in [2.45, 2.75) is 48.6 Å². The molecule has 4 aromatic heterocycles. The number of thiol groups is 1. The van der Waals surface area contributed by atoms with E-state index in [9.17, 15) is 19.4 Å². The number of anilines is 2. The summed E-state index contributed by atoms with van der Waals surface area (Å²) in [6, 6.07) is 0. The van der Waals surface area contributed by atoms with Gasteiger partial charge in [0.1, 0.15) is 42.4 Å². The molecule has 3 aliphatic heterocycles. The Balaban J connectivity index is 1.14. The van der Waals surface area contributed by atoms with Crippen molar-refractivity contribution in [3.8, 4) is 0 Å². The molecule has 0 spiro atoms. The van der Waals surface area contributed by atoms with Crippen LogP contribution in [-0.2, 0) is 44.2 Å². The van der Waals surface area contributed by atoms with Gasteiger partial charge in [-0.3, -0.25) is 28.0 Å². The van der Waals surface area contributed by atoms with Crippen LogP contribution in [0.25, 0.3) is 22.3 Å². The smallest absolute Gasteiger partial charge is 0.394 e. The highest BCUT2D eigenvalue weighted by molar-refractivity contribution is 8.54. The number of halogens is 1. The quantitative estimate of drug-likeness (QED) is 0.0899. The summed E-state index contributed by atoms with van der Waals surface area (Å²) in [6.45, 7) is -1.60. The first-order valence-electron chi connectivity index (χ1n) is 13.2. The van der Waals surface area contributed by atoms with Gasteiger partial charge in [-0.15, -0.1) is 4.52 Å². The topological polar surface area (TPSA) is 272 Å². The number of H-pyrrole nitrogens is 1. The van der Waals surface area contributed by atoms with E-state index >= 15 is 4.39 Å². The van der Waals surface area contributed by atoms with Gasteiger partial charge in [0.05, 0.1) is 32.5 Å². The highest BCUT2D eigenvalue weighted by atomic mass is 32.9. The van der Waals surface area contributed by atoms with Gasteiger partial charge in [-0.1, -0.05) is 0 Å². The van der Waals surface area contributed by atoms with E-state index < -0.39 is 81.4 Å². The van der Waals surface area contributed by atoms with Crippen molar-refractivity contribution in [3.63, 3.8) is 0 Å². The fraction of sp³-hybridized carbons (Fsp3) is 0.524. The molecule has 0 radical (unpaired) electrons. The van der Waals surface area contributed by atoms with E-state index in [4.69, 9.17) is 51.1 Å². The van der Waals surface area contributed by atoms with Crippen molar-refractivity contribution in [2.24, 2.45) is 0 Å². The fourth-order valence-electron chi connectivity index (χ4n) is 5.71. The normalized spacial score (nSPS) is 32.4. The molecule has 10 atom stereocenters. The number of fused-ring (bicyclic) bond motifs is 4. The van der Waals surface area contributed by atoms with Crippen LogP contribution in [0.3, 0.4) is 0 Å². The van der Waals surface area contributed by atoms with Gasteiger partial charge in [0.15, 0.2) is 53.0 Å². The van der Waals surface area contributed by atoms with Crippen molar-refractivity contribution in [1.29, 1.82) is 0 Å². The molecule has 246 valence electrons. The predicted octanol–water partition coefficient (Wildman–Crippen LogP) is -0.391. The van der Waals surface area contributed by atoms with Gasteiger partial charge in [0.25, 0.3) is 5.56 Å². The first kappa shape index (κ1) is 31.8. The van der Waals surface area contributed by atoms with Crippen LogP contribution in [0, 0.1) is 0 Å². The number of aromatic amines is 1. The van der Waals surface area contributed by atoms with E-state index in [0.29, 0.717) is 11.2 Å². The standard InChI is InChI=1S/C21H23FN10O10P2S2/c22-8-7(1-33)39-18(32-6-28-10-16(32)29-20(24)30-17(10)34)11(8)42-44(35,36)38-3-21-2-37-12(13(21)41-43(45)46)19(40-21)31-5-27-9-14(23)25-4-26-15(9)31/h4-8,11-13,18-19,33H,1-3H2,(H6-,23,24,25,26,29,30,34,35,36,45,46)/p+1/t7-,8+,11-,12-,13+,18-,19-,21-/m1/s1. The summed E-state index contributed by atoms with van der Waals surface area (Å²) in [5, 5.41) is 9.69. The van der Waals surface area contributed by atoms with Crippen molar-refractivity contribution in [1.82, 2.24) is 39.0 Å². The van der Waals surface area contributed by atoms with Crippen LogP contribution in [0.4, 0.5) is 16.2 Å². The van der Waals surface area contributed by atoms with E-state index in [1.54, 1.807) is 4.57 Å². The van der Waals surface area contributed by atoms with Crippen LogP contribution in [0.15, 0.2) is 23.8 Å². The van der Waals surface area contributed by atoms with Crippen LogP contribution in [0.2, 0.25) is 0 Å². The Morgan fingerprint density at radius 3 is 2.70 bits per heavy atom. The maximum Gasteiger partial charge on any atom is 0.472 e. The summed E-state index contributed by atoms with van der Waals surface area (Å²) in [4.78, 5) is 45.7. The number of nitrogens with zero attached hydrogens (tertiary/aromatic N) is 7. The average molecular weight is 722 g/mol. The Morgan fingerprint density at radius 2 is 1.96 bits per heavy atom. The van der Waals surface area contributed by atoms with Crippen molar-refractivity contribution in [3.05, 3.63) is 29.3 Å². The molecule has 4 aromatic rings. The summed E-state index contributed by atoms with van der Waals surface area (Å²) in [6.07, 6.45) is -7.55. The number of hydrogen-bond acceptors (Lipinski definition) is 17. The molecule has 7 heterocycles. The number of nitrogens with two attached hydrogens (primary N) is 2. The zero-order valence-corrected chi connectivity index (χ0v) is 26.5. The number of nitrogen functional groups attached to an aromatic ring is 2.